The number of amides is 1. The number of likely N-dealkylation sites (tertiary alicyclic amines) is 1. The lowest BCUT2D eigenvalue weighted by Crippen LogP contribution is -2.59. The Balaban J connectivity index is 1.57. The molecule has 1 fully saturated rings. The van der Waals surface area contributed by atoms with E-state index in [-0.39, 0.29) is 39.4 Å². The summed E-state index contributed by atoms with van der Waals surface area (Å²) in [7, 11) is 0. The third-order valence-corrected chi connectivity index (χ3v) is 7.40. The minimum Gasteiger partial charge on any atom is -0.444 e. The molecule has 1 amide bonds. The third kappa shape index (κ3) is 4.87. The van der Waals surface area contributed by atoms with Gasteiger partial charge in [-0.05, 0) is 55.7 Å². The maximum absolute atomic E-state index is 15.3. The van der Waals surface area contributed by atoms with Crippen LogP contribution in [-0.2, 0) is 15.8 Å². The fourth-order valence-corrected chi connectivity index (χ4v) is 4.85. The molecule has 1 saturated heterocycles. The minimum atomic E-state index is -4.66. The molecule has 0 aliphatic carbocycles. The van der Waals surface area contributed by atoms with Gasteiger partial charge >= 0.3 is 12.3 Å². The summed E-state index contributed by atoms with van der Waals surface area (Å²) in [6, 6.07) is 8.42. The van der Waals surface area contributed by atoms with Crippen LogP contribution in [0.3, 0.4) is 0 Å². The van der Waals surface area contributed by atoms with Gasteiger partial charge in [0.1, 0.15) is 11.0 Å². The molecule has 0 radical (unpaired) electrons. The van der Waals surface area contributed by atoms with E-state index in [0.717, 1.165) is 18.2 Å². The van der Waals surface area contributed by atoms with Crippen LogP contribution in [0.15, 0.2) is 42.5 Å². The van der Waals surface area contributed by atoms with E-state index in [2.05, 4.69) is 5.32 Å². The molecule has 2 aliphatic heterocycles. The van der Waals surface area contributed by atoms with Gasteiger partial charge < -0.3 is 15.0 Å². The highest BCUT2D eigenvalue weighted by atomic mass is 35.5. The maximum Gasteiger partial charge on any atom is 0.410 e. The van der Waals surface area contributed by atoms with Gasteiger partial charge in [-0.3, -0.25) is 0 Å². The zero-order chi connectivity index (χ0) is 26.7. The lowest BCUT2D eigenvalue weighted by atomic mass is 9.80. The SMILES string of the molecule is CC(C)(C)OC(=O)N1CC(F)(c2ccc(C3=CC(c4cc(Cl)c(Cl)c(Cl)c4)(C(F)(F)F)CN3)cc2)C1. The molecule has 0 aromatic heterocycles. The Morgan fingerprint density at radius 3 is 2.06 bits per heavy atom. The number of alkyl halides is 4. The molecule has 194 valence electrons. The summed E-state index contributed by atoms with van der Waals surface area (Å²) in [5.41, 5.74) is -3.98. The molecule has 2 aliphatic rings. The van der Waals surface area contributed by atoms with Gasteiger partial charge in [-0.15, -0.1) is 0 Å². The number of nitrogens with one attached hydrogen (secondary N) is 1. The van der Waals surface area contributed by atoms with E-state index in [4.69, 9.17) is 39.5 Å². The monoisotopic (exact) mass is 564 g/mol. The van der Waals surface area contributed by atoms with Gasteiger partial charge in [-0.1, -0.05) is 59.1 Å². The van der Waals surface area contributed by atoms with E-state index >= 15 is 4.39 Å². The van der Waals surface area contributed by atoms with Gasteiger partial charge in [0.05, 0.1) is 28.2 Å². The molecular weight excluding hydrogens is 543 g/mol. The first-order chi connectivity index (χ1) is 16.5. The van der Waals surface area contributed by atoms with Crippen LogP contribution in [0.4, 0.5) is 22.4 Å². The summed E-state index contributed by atoms with van der Waals surface area (Å²) >= 11 is 17.9. The quantitative estimate of drug-likeness (QED) is 0.309. The number of benzene rings is 2. The standard InChI is InChI=1S/C25H23Cl3F4N2O2/c1-22(2,3)36-21(35)34-12-24(29,13-34)15-6-4-14(5-7-15)19-10-23(11-33-19,25(30,31)32)16-8-17(26)20(28)18(27)9-16/h4-10,33H,11-13H2,1-3H3. The second kappa shape index (κ2) is 8.99. The molecule has 0 bridgehead atoms. The largest absolute Gasteiger partial charge is 0.444 e. The van der Waals surface area contributed by atoms with E-state index in [1.165, 1.54) is 17.0 Å². The fourth-order valence-electron chi connectivity index (χ4n) is 4.26. The average molecular weight is 566 g/mol. The first kappa shape index (κ1) is 26.9. The van der Waals surface area contributed by atoms with Crippen LogP contribution in [0.25, 0.3) is 5.70 Å². The molecule has 1 atom stereocenters. The molecule has 0 spiro atoms. The van der Waals surface area contributed by atoms with Crippen molar-refractivity contribution in [1.29, 1.82) is 0 Å². The van der Waals surface area contributed by atoms with Crippen LogP contribution < -0.4 is 5.32 Å². The van der Waals surface area contributed by atoms with Crippen molar-refractivity contribution < 1.29 is 27.1 Å². The summed E-state index contributed by atoms with van der Waals surface area (Å²) in [4.78, 5) is 13.4. The first-order valence-corrected chi connectivity index (χ1v) is 12.1. The molecule has 4 rings (SSSR count). The van der Waals surface area contributed by atoms with Gasteiger partial charge in [0.2, 0.25) is 0 Å². The molecule has 36 heavy (non-hydrogen) atoms. The van der Waals surface area contributed by atoms with Gasteiger partial charge in [-0.2, -0.15) is 13.2 Å². The highest BCUT2D eigenvalue weighted by molar-refractivity contribution is 6.48. The van der Waals surface area contributed by atoms with Crippen LogP contribution in [0.1, 0.15) is 37.5 Å². The van der Waals surface area contributed by atoms with Crippen molar-refractivity contribution in [2.24, 2.45) is 0 Å². The number of halogens is 7. The molecule has 11 heteroatoms. The van der Waals surface area contributed by atoms with E-state index in [9.17, 15) is 18.0 Å². The highest BCUT2D eigenvalue weighted by Gasteiger charge is 2.57. The normalized spacial score (nSPS) is 21.5. The van der Waals surface area contributed by atoms with Crippen molar-refractivity contribution in [1.82, 2.24) is 10.2 Å². The average Bonchev–Trinajstić information content (AvgIpc) is 3.21. The Morgan fingerprint density at radius 1 is 1.00 bits per heavy atom. The zero-order valence-corrected chi connectivity index (χ0v) is 21.8. The molecule has 0 saturated carbocycles. The van der Waals surface area contributed by atoms with Crippen LogP contribution in [0.2, 0.25) is 15.1 Å². The van der Waals surface area contributed by atoms with E-state index in [1.807, 2.05) is 0 Å². The molecule has 4 nitrogen and oxygen atoms in total. The molecule has 2 aromatic carbocycles. The van der Waals surface area contributed by atoms with Crippen molar-refractivity contribution in [2.45, 2.75) is 43.6 Å². The molecular formula is C25H23Cl3F4N2O2. The number of carbonyl (C=O) groups excluding carboxylic acids is 1. The zero-order valence-electron chi connectivity index (χ0n) is 19.6. The van der Waals surface area contributed by atoms with Crippen LogP contribution in [0.5, 0.6) is 0 Å². The van der Waals surface area contributed by atoms with Gasteiger partial charge in [0.25, 0.3) is 0 Å². The van der Waals surface area contributed by atoms with Gasteiger partial charge in [0.15, 0.2) is 5.67 Å². The van der Waals surface area contributed by atoms with Gasteiger partial charge in [-0.25, -0.2) is 9.18 Å². The van der Waals surface area contributed by atoms with E-state index < -0.39 is 35.5 Å². The molecule has 2 aromatic rings. The number of hydrogen-bond acceptors (Lipinski definition) is 3. The van der Waals surface area contributed by atoms with Crippen molar-refractivity contribution in [3.63, 3.8) is 0 Å². The molecule has 1 N–H and O–H groups in total. The Bertz CT molecular complexity index is 1200. The summed E-state index contributed by atoms with van der Waals surface area (Å²) < 4.78 is 63.6. The number of nitrogens with zero attached hydrogens (tertiary/aromatic N) is 1. The third-order valence-electron chi connectivity index (χ3n) is 6.20. The lowest BCUT2D eigenvalue weighted by Gasteiger charge is -2.44. The van der Waals surface area contributed by atoms with Crippen molar-refractivity contribution >= 4 is 46.6 Å². The van der Waals surface area contributed by atoms with Crippen LogP contribution in [0, 0.1) is 0 Å². The Morgan fingerprint density at radius 2 is 1.56 bits per heavy atom. The van der Waals surface area contributed by atoms with Gasteiger partial charge in [0, 0.05) is 12.2 Å². The highest BCUT2D eigenvalue weighted by Crippen LogP contribution is 2.48. The number of ether oxygens (including phenoxy) is 1. The summed E-state index contributed by atoms with van der Waals surface area (Å²) in [6.07, 6.45) is -4.18. The van der Waals surface area contributed by atoms with Crippen molar-refractivity contribution in [2.75, 3.05) is 19.6 Å². The Hall–Kier alpha value is -2.16. The second-order valence-corrected chi connectivity index (χ2v) is 11.2. The predicted octanol–water partition coefficient (Wildman–Crippen LogP) is 7.51. The fraction of sp³-hybridized carbons (Fsp3) is 0.400. The maximum atomic E-state index is 15.3. The van der Waals surface area contributed by atoms with E-state index in [0.29, 0.717) is 11.1 Å². The topological polar surface area (TPSA) is 41.6 Å². The van der Waals surface area contributed by atoms with Crippen molar-refractivity contribution in [3.8, 4) is 0 Å². The number of hydrogen-bond donors (Lipinski definition) is 1. The van der Waals surface area contributed by atoms with Crippen LogP contribution >= 0.6 is 34.8 Å². The summed E-state index contributed by atoms with van der Waals surface area (Å²) in [5, 5.41) is 2.63. The number of carbonyl (C=O) groups is 1. The van der Waals surface area contributed by atoms with E-state index in [1.54, 1.807) is 32.9 Å². The minimum absolute atomic E-state index is 0.0217. The van der Waals surface area contributed by atoms with Crippen molar-refractivity contribution in [3.05, 3.63) is 74.2 Å². The Kier molecular flexibility index (Phi) is 6.72. The number of rotatable bonds is 3. The Labute approximate surface area is 221 Å². The smallest absolute Gasteiger partial charge is 0.410 e. The van der Waals surface area contributed by atoms with Crippen LogP contribution in [-0.4, -0.2) is 42.4 Å². The lowest BCUT2D eigenvalue weighted by molar-refractivity contribution is -0.172. The second-order valence-electron chi connectivity index (χ2n) is 10.0. The molecule has 1 unspecified atom stereocenters. The first-order valence-electron chi connectivity index (χ1n) is 11.0. The summed E-state index contributed by atoms with van der Waals surface area (Å²) in [6.45, 7) is 4.36. The summed E-state index contributed by atoms with van der Waals surface area (Å²) in [5.74, 6) is 0. The molecule has 2 heterocycles. The predicted molar refractivity (Wildman–Crippen MR) is 132 cm³/mol.